The minimum Gasteiger partial charge on any atom is -0.407 e. The van der Waals surface area contributed by atoms with E-state index in [2.05, 4.69) is 0 Å². The standard InChI is InChI=1S/C15H27NO4Si/c1-13(17)15(16(2)3)20-11-7-8-12-21(18,19)14-9-5-4-6-10-14/h4-6,9-10,13,15,17-19H,7-8,11-12H2,1-3H3. The molecule has 120 valence electrons. The maximum atomic E-state index is 10.2. The molecule has 0 saturated carbocycles. The zero-order chi connectivity index (χ0) is 15.9. The van der Waals surface area contributed by atoms with Crippen LogP contribution in [0.15, 0.2) is 30.3 Å². The van der Waals surface area contributed by atoms with E-state index in [0.29, 0.717) is 24.3 Å². The highest BCUT2D eigenvalue weighted by Gasteiger charge is 2.30. The second kappa shape index (κ2) is 8.62. The lowest BCUT2D eigenvalue weighted by molar-refractivity contribution is -0.102. The smallest absolute Gasteiger partial charge is 0.367 e. The van der Waals surface area contributed by atoms with E-state index in [0.717, 1.165) is 6.42 Å². The summed E-state index contributed by atoms with van der Waals surface area (Å²) in [6, 6.07) is 9.41. The first-order valence-electron chi connectivity index (χ1n) is 7.31. The van der Waals surface area contributed by atoms with Crippen molar-refractivity contribution < 1.29 is 19.4 Å². The van der Waals surface area contributed by atoms with Crippen LogP contribution in [0.3, 0.4) is 0 Å². The van der Waals surface area contributed by atoms with Gasteiger partial charge in [0, 0.05) is 6.61 Å². The Morgan fingerprint density at radius 2 is 1.76 bits per heavy atom. The zero-order valence-corrected chi connectivity index (χ0v) is 14.1. The summed E-state index contributed by atoms with van der Waals surface area (Å²) in [5.41, 5.74) is 0. The minimum atomic E-state index is -3.32. The summed E-state index contributed by atoms with van der Waals surface area (Å²) in [5.74, 6) is 0. The predicted molar refractivity (Wildman–Crippen MR) is 85.4 cm³/mol. The third-order valence-electron chi connectivity index (χ3n) is 3.37. The normalized spacial score (nSPS) is 15.2. The van der Waals surface area contributed by atoms with Crippen LogP contribution < -0.4 is 5.19 Å². The van der Waals surface area contributed by atoms with Crippen LogP contribution in [-0.2, 0) is 4.74 Å². The van der Waals surface area contributed by atoms with Gasteiger partial charge in [0.15, 0.2) is 0 Å². The zero-order valence-electron chi connectivity index (χ0n) is 13.1. The maximum absolute atomic E-state index is 10.2. The summed E-state index contributed by atoms with van der Waals surface area (Å²) < 4.78 is 5.61. The van der Waals surface area contributed by atoms with Gasteiger partial charge >= 0.3 is 8.56 Å². The van der Waals surface area contributed by atoms with Gasteiger partial charge in [-0.15, -0.1) is 0 Å². The third-order valence-corrected chi connectivity index (χ3v) is 5.67. The molecule has 0 aliphatic heterocycles. The van der Waals surface area contributed by atoms with Crippen LogP contribution in [0.5, 0.6) is 0 Å². The van der Waals surface area contributed by atoms with Crippen LogP contribution in [0.2, 0.25) is 6.04 Å². The Hall–Kier alpha value is -0.763. The summed E-state index contributed by atoms with van der Waals surface area (Å²) in [4.78, 5) is 22.2. The highest BCUT2D eigenvalue weighted by molar-refractivity contribution is 6.78. The molecule has 0 amide bonds. The molecular formula is C15H27NO4Si. The fourth-order valence-corrected chi connectivity index (χ4v) is 4.00. The van der Waals surface area contributed by atoms with Gasteiger partial charge < -0.3 is 19.4 Å². The van der Waals surface area contributed by atoms with Crippen molar-refractivity contribution in [2.75, 3.05) is 20.7 Å². The highest BCUT2D eigenvalue weighted by Crippen LogP contribution is 2.10. The largest absolute Gasteiger partial charge is 0.407 e. The molecule has 2 unspecified atom stereocenters. The summed E-state index contributed by atoms with van der Waals surface area (Å²) >= 11 is 0. The van der Waals surface area contributed by atoms with E-state index in [1.54, 1.807) is 19.1 Å². The van der Waals surface area contributed by atoms with Crippen molar-refractivity contribution in [1.29, 1.82) is 0 Å². The fraction of sp³-hybridized carbons (Fsp3) is 0.600. The Kier molecular flexibility index (Phi) is 7.51. The molecule has 1 aromatic rings. The van der Waals surface area contributed by atoms with Crippen molar-refractivity contribution in [3.8, 4) is 0 Å². The van der Waals surface area contributed by atoms with Gasteiger partial charge in [0.25, 0.3) is 0 Å². The van der Waals surface area contributed by atoms with E-state index in [1.807, 2.05) is 37.2 Å². The molecule has 6 heteroatoms. The number of aliphatic hydroxyl groups is 1. The van der Waals surface area contributed by atoms with E-state index in [9.17, 15) is 14.7 Å². The molecule has 0 fully saturated rings. The molecule has 0 aliphatic rings. The van der Waals surface area contributed by atoms with Gasteiger partial charge in [0.05, 0.1) is 6.10 Å². The van der Waals surface area contributed by atoms with Gasteiger partial charge in [-0.2, -0.15) is 0 Å². The number of unbranched alkanes of at least 4 members (excludes halogenated alkanes) is 1. The monoisotopic (exact) mass is 313 g/mol. The van der Waals surface area contributed by atoms with Gasteiger partial charge in [-0.25, -0.2) is 0 Å². The number of likely N-dealkylation sites (N-methyl/N-ethyl adjacent to an activating group) is 1. The van der Waals surface area contributed by atoms with Crippen molar-refractivity contribution in [2.24, 2.45) is 0 Å². The maximum Gasteiger partial charge on any atom is 0.367 e. The molecule has 1 rings (SSSR count). The summed E-state index contributed by atoms with van der Waals surface area (Å²) in [5, 5.41) is 10.2. The van der Waals surface area contributed by atoms with Crippen LogP contribution in [0, 0.1) is 0 Å². The van der Waals surface area contributed by atoms with Crippen LogP contribution in [-0.4, -0.2) is 61.2 Å². The lowest BCUT2D eigenvalue weighted by Crippen LogP contribution is -2.48. The summed E-state index contributed by atoms with van der Waals surface area (Å²) in [7, 11) is 0.391. The quantitative estimate of drug-likeness (QED) is 0.349. The lowest BCUT2D eigenvalue weighted by Gasteiger charge is -2.27. The number of nitrogens with zero attached hydrogens (tertiary/aromatic N) is 1. The van der Waals surface area contributed by atoms with Gasteiger partial charge in [-0.1, -0.05) is 30.3 Å². The fourth-order valence-electron chi connectivity index (χ4n) is 2.25. The highest BCUT2D eigenvalue weighted by atomic mass is 28.4. The van der Waals surface area contributed by atoms with Crippen LogP contribution in [0.25, 0.3) is 0 Å². The summed E-state index contributed by atoms with van der Waals surface area (Å²) in [6.45, 7) is 2.19. The molecular weight excluding hydrogens is 286 g/mol. The molecule has 0 spiro atoms. The van der Waals surface area contributed by atoms with E-state index >= 15 is 0 Å². The molecule has 0 aliphatic carbocycles. The first kappa shape index (κ1) is 18.3. The number of rotatable bonds is 9. The average Bonchev–Trinajstić information content (AvgIpc) is 2.42. The van der Waals surface area contributed by atoms with Gasteiger partial charge in [0.2, 0.25) is 0 Å². The minimum absolute atomic E-state index is 0.329. The predicted octanol–water partition coefficient (Wildman–Crippen LogP) is 0.386. The number of benzene rings is 1. The van der Waals surface area contributed by atoms with E-state index in [4.69, 9.17) is 4.74 Å². The Labute approximate surface area is 128 Å². The summed E-state index contributed by atoms with van der Waals surface area (Å²) in [6.07, 6.45) is 0.534. The Morgan fingerprint density at radius 3 is 2.29 bits per heavy atom. The Bertz CT molecular complexity index is 390. The SMILES string of the molecule is CC(O)C(OCCCC[Si](O)(O)c1ccccc1)N(C)C. The molecule has 3 N–H and O–H groups in total. The molecule has 2 atom stereocenters. The van der Waals surface area contributed by atoms with Crippen LogP contribution >= 0.6 is 0 Å². The van der Waals surface area contributed by atoms with E-state index in [-0.39, 0.29) is 6.23 Å². The number of hydrogen-bond donors (Lipinski definition) is 3. The second-order valence-electron chi connectivity index (χ2n) is 5.61. The first-order valence-corrected chi connectivity index (χ1v) is 9.41. The molecule has 5 nitrogen and oxygen atoms in total. The first-order chi connectivity index (χ1) is 9.84. The number of ether oxygens (including phenoxy) is 1. The average molecular weight is 313 g/mol. The van der Waals surface area contributed by atoms with Crippen molar-refractivity contribution in [2.45, 2.75) is 38.1 Å². The molecule has 1 aromatic carbocycles. The van der Waals surface area contributed by atoms with Crippen molar-refractivity contribution in [1.82, 2.24) is 4.90 Å². The second-order valence-corrected chi connectivity index (χ2v) is 8.32. The van der Waals surface area contributed by atoms with Gasteiger partial charge in [-0.05, 0) is 45.1 Å². The van der Waals surface area contributed by atoms with Crippen molar-refractivity contribution in [3.05, 3.63) is 30.3 Å². The van der Waals surface area contributed by atoms with Crippen molar-refractivity contribution in [3.63, 3.8) is 0 Å². The van der Waals surface area contributed by atoms with Crippen LogP contribution in [0.4, 0.5) is 0 Å². The Balaban J connectivity index is 2.31. The molecule has 0 saturated heterocycles. The van der Waals surface area contributed by atoms with E-state index < -0.39 is 14.7 Å². The molecule has 21 heavy (non-hydrogen) atoms. The van der Waals surface area contributed by atoms with Crippen LogP contribution in [0.1, 0.15) is 19.8 Å². The molecule has 0 heterocycles. The number of hydrogen-bond acceptors (Lipinski definition) is 5. The molecule has 0 bridgehead atoms. The lowest BCUT2D eigenvalue weighted by atomic mass is 10.3. The third kappa shape index (κ3) is 6.25. The number of aliphatic hydroxyl groups excluding tert-OH is 1. The topological polar surface area (TPSA) is 73.2 Å². The molecule has 0 aromatic heterocycles. The van der Waals surface area contributed by atoms with E-state index in [1.165, 1.54) is 0 Å². The molecule has 0 radical (unpaired) electrons. The Morgan fingerprint density at radius 1 is 1.14 bits per heavy atom. The van der Waals surface area contributed by atoms with Gasteiger partial charge in [-0.3, -0.25) is 4.90 Å². The van der Waals surface area contributed by atoms with Gasteiger partial charge in [0.1, 0.15) is 6.23 Å². The van der Waals surface area contributed by atoms with Crippen molar-refractivity contribution >= 4 is 13.7 Å².